The molecule has 0 aliphatic heterocycles. The number of hydrogen-bond donors (Lipinski definition) is 0. The Labute approximate surface area is 128 Å². The number of nitrogens with zero attached hydrogens (tertiary/aromatic N) is 1. The fourth-order valence-electron chi connectivity index (χ4n) is 3.01. The number of aryl methyl sites for hydroxylation is 1. The van der Waals surface area contributed by atoms with E-state index in [2.05, 4.69) is 13.0 Å². The van der Waals surface area contributed by atoms with Crippen LogP contribution in [0.25, 0.3) is 0 Å². The third-order valence-corrected chi connectivity index (χ3v) is 4.69. The van der Waals surface area contributed by atoms with Gasteiger partial charge in [-0.15, -0.1) is 0 Å². The summed E-state index contributed by atoms with van der Waals surface area (Å²) in [6.07, 6.45) is 5.04. The van der Waals surface area contributed by atoms with Gasteiger partial charge in [0.15, 0.2) is 6.10 Å². The Bertz CT molecular complexity index is 492. The lowest BCUT2D eigenvalue weighted by Crippen LogP contribution is -2.44. The molecular formula is C18H27NO2. The van der Waals surface area contributed by atoms with E-state index in [1.54, 1.807) is 0 Å². The predicted octanol–water partition coefficient (Wildman–Crippen LogP) is 3.86. The number of benzene rings is 1. The van der Waals surface area contributed by atoms with Gasteiger partial charge in [0, 0.05) is 13.1 Å². The Hall–Kier alpha value is -1.51. The molecule has 116 valence electrons. The third kappa shape index (κ3) is 3.58. The zero-order valence-electron chi connectivity index (χ0n) is 13.7. The van der Waals surface area contributed by atoms with E-state index >= 15 is 0 Å². The van der Waals surface area contributed by atoms with Gasteiger partial charge in [-0.3, -0.25) is 4.79 Å². The highest BCUT2D eigenvalue weighted by Gasteiger charge is 2.29. The summed E-state index contributed by atoms with van der Waals surface area (Å²) in [4.78, 5) is 14.6. The highest BCUT2D eigenvalue weighted by molar-refractivity contribution is 5.81. The highest BCUT2D eigenvalue weighted by Crippen LogP contribution is 2.26. The molecule has 0 aromatic heterocycles. The van der Waals surface area contributed by atoms with Crippen molar-refractivity contribution in [1.82, 2.24) is 4.90 Å². The van der Waals surface area contributed by atoms with Crippen LogP contribution in [0.1, 0.15) is 50.2 Å². The van der Waals surface area contributed by atoms with Gasteiger partial charge in [0.25, 0.3) is 5.91 Å². The molecule has 1 fully saturated rings. The van der Waals surface area contributed by atoms with Gasteiger partial charge in [-0.25, -0.2) is 0 Å². The van der Waals surface area contributed by atoms with Crippen molar-refractivity contribution < 1.29 is 9.53 Å². The molecule has 2 rings (SSSR count). The molecule has 1 aliphatic rings. The van der Waals surface area contributed by atoms with Crippen molar-refractivity contribution in [2.75, 3.05) is 7.05 Å². The van der Waals surface area contributed by atoms with Crippen molar-refractivity contribution >= 4 is 5.91 Å². The van der Waals surface area contributed by atoms with Crippen LogP contribution in [0.2, 0.25) is 0 Å². The first kappa shape index (κ1) is 15.9. The number of amides is 1. The molecule has 0 N–H and O–H groups in total. The Balaban J connectivity index is 2.08. The van der Waals surface area contributed by atoms with E-state index in [4.69, 9.17) is 4.74 Å². The Morgan fingerprint density at radius 3 is 2.62 bits per heavy atom. The van der Waals surface area contributed by atoms with Crippen molar-refractivity contribution in [1.29, 1.82) is 0 Å². The first-order valence-corrected chi connectivity index (χ1v) is 8.04. The van der Waals surface area contributed by atoms with Crippen LogP contribution in [0, 0.1) is 13.8 Å². The van der Waals surface area contributed by atoms with Crippen molar-refractivity contribution in [3.63, 3.8) is 0 Å². The Morgan fingerprint density at radius 1 is 1.33 bits per heavy atom. The predicted molar refractivity (Wildman–Crippen MR) is 85.6 cm³/mol. The van der Waals surface area contributed by atoms with Crippen LogP contribution in [-0.2, 0) is 4.79 Å². The smallest absolute Gasteiger partial charge is 0.263 e. The normalized spacial score (nSPS) is 16.8. The summed E-state index contributed by atoms with van der Waals surface area (Å²) in [6, 6.07) is 6.40. The minimum absolute atomic E-state index is 0.116. The SMILES string of the molecule is CC[C@H](Oc1cccc(C)c1C)C(=O)N(C)C1CCCC1. The maximum absolute atomic E-state index is 12.7. The van der Waals surface area contributed by atoms with E-state index in [0.717, 1.165) is 24.2 Å². The lowest BCUT2D eigenvalue weighted by molar-refractivity contribution is -0.139. The van der Waals surface area contributed by atoms with Gasteiger partial charge in [0.1, 0.15) is 5.75 Å². The van der Waals surface area contributed by atoms with Crippen LogP contribution in [0.5, 0.6) is 5.75 Å². The summed E-state index contributed by atoms with van der Waals surface area (Å²) < 4.78 is 6.03. The highest BCUT2D eigenvalue weighted by atomic mass is 16.5. The molecule has 1 aliphatic carbocycles. The van der Waals surface area contributed by atoms with Crippen LogP contribution in [0.4, 0.5) is 0 Å². The summed E-state index contributed by atoms with van der Waals surface area (Å²) >= 11 is 0. The largest absolute Gasteiger partial charge is 0.480 e. The molecule has 1 atom stereocenters. The maximum Gasteiger partial charge on any atom is 0.263 e. The summed E-state index contributed by atoms with van der Waals surface area (Å²) in [5.74, 6) is 0.945. The molecule has 0 unspecified atom stereocenters. The first-order valence-electron chi connectivity index (χ1n) is 8.04. The zero-order valence-corrected chi connectivity index (χ0v) is 13.7. The second-order valence-electron chi connectivity index (χ2n) is 6.10. The number of ether oxygens (including phenoxy) is 1. The molecule has 0 radical (unpaired) electrons. The molecule has 1 aromatic carbocycles. The minimum Gasteiger partial charge on any atom is -0.480 e. The van der Waals surface area contributed by atoms with Crippen molar-refractivity contribution in [3.8, 4) is 5.75 Å². The van der Waals surface area contributed by atoms with E-state index in [1.165, 1.54) is 18.4 Å². The van der Waals surface area contributed by atoms with E-state index in [-0.39, 0.29) is 12.0 Å². The lowest BCUT2D eigenvalue weighted by atomic mass is 10.1. The summed E-state index contributed by atoms with van der Waals surface area (Å²) in [5, 5.41) is 0. The van der Waals surface area contributed by atoms with Crippen LogP contribution < -0.4 is 4.74 Å². The number of rotatable bonds is 5. The Kier molecular flexibility index (Phi) is 5.27. The zero-order chi connectivity index (χ0) is 15.4. The van der Waals surface area contributed by atoms with Gasteiger partial charge in [0.05, 0.1) is 0 Å². The van der Waals surface area contributed by atoms with E-state index in [1.807, 2.05) is 37.9 Å². The van der Waals surface area contributed by atoms with Gasteiger partial charge in [-0.05, 0) is 50.3 Å². The molecule has 1 saturated carbocycles. The number of hydrogen-bond acceptors (Lipinski definition) is 2. The summed E-state index contributed by atoms with van der Waals surface area (Å²) in [6.45, 7) is 6.12. The fourth-order valence-corrected chi connectivity index (χ4v) is 3.01. The topological polar surface area (TPSA) is 29.5 Å². The van der Waals surface area contributed by atoms with E-state index in [0.29, 0.717) is 12.5 Å². The second-order valence-corrected chi connectivity index (χ2v) is 6.10. The minimum atomic E-state index is -0.379. The number of likely N-dealkylation sites (N-methyl/N-ethyl adjacent to an activating group) is 1. The molecule has 0 bridgehead atoms. The Morgan fingerprint density at radius 2 is 2.00 bits per heavy atom. The van der Waals surface area contributed by atoms with Crippen LogP contribution in [0.15, 0.2) is 18.2 Å². The quantitative estimate of drug-likeness (QED) is 0.823. The molecule has 3 heteroatoms. The fraction of sp³-hybridized carbons (Fsp3) is 0.611. The maximum atomic E-state index is 12.7. The average Bonchev–Trinajstić information content (AvgIpc) is 3.01. The molecule has 0 heterocycles. The van der Waals surface area contributed by atoms with E-state index < -0.39 is 0 Å². The molecule has 1 amide bonds. The van der Waals surface area contributed by atoms with Gasteiger partial charge in [0.2, 0.25) is 0 Å². The van der Waals surface area contributed by atoms with Crippen LogP contribution in [-0.4, -0.2) is 30.0 Å². The summed E-state index contributed by atoms with van der Waals surface area (Å²) in [7, 11) is 1.92. The van der Waals surface area contributed by atoms with Gasteiger partial charge in [-0.1, -0.05) is 31.9 Å². The van der Waals surface area contributed by atoms with E-state index in [9.17, 15) is 4.79 Å². The van der Waals surface area contributed by atoms with Crippen LogP contribution >= 0.6 is 0 Å². The van der Waals surface area contributed by atoms with Crippen molar-refractivity contribution in [2.24, 2.45) is 0 Å². The van der Waals surface area contributed by atoms with Gasteiger partial charge >= 0.3 is 0 Å². The molecule has 0 saturated heterocycles. The molecule has 0 spiro atoms. The molecular weight excluding hydrogens is 262 g/mol. The standard InChI is InChI=1S/C18H27NO2/c1-5-16(18(20)19(4)15-10-6-7-11-15)21-17-12-8-9-13(2)14(17)3/h8-9,12,15-16H,5-7,10-11H2,1-4H3/t16-/m0/s1. The number of carbonyl (C=O) groups excluding carboxylic acids is 1. The van der Waals surface area contributed by atoms with Gasteiger partial charge < -0.3 is 9.64 Å². The van der Waals surface area contributed by atoms with Crippen molar-refractivity contribution in [3.05, 3.63) is 29.3 Å². The van der Waals surface area contributed by atoms with Crippen molar-refractivity contribution in [2.45, 2.75) is 65.0 Å². The third-order valence-electron chi connectivity index (χ3n) is 4.69. The monoisotopic (exact) mass is 289 g/mol. The molecule has 21 heavy (non-hydrogen) atoms. The number of carbonyl (C=O) groups is 1. The molecule has 1 aromatic rings. The molecule has 3 nitrogen and oxygen atoms in total. The van der Waals surface area contributed by atoms with Gasteiger partial charge in [-0.2, -0.15) is 0 Å². The average molecular weight is 289 g/mol. The first-order chi connectivity index (χ1) is 10.0. The summed E-state index contributed by atoms with van der Waals surface area (Å²) in [5.41, 5.74) is 2.31. The van der Waals surface area contributed by atoms with Crippen LogP contribution in [0.3, 0.4) is 0 Å². The lowest BCUT2D eigenvalue weighted by Gasteiger charge is -2.29. The second kappa shape index (κ2) is 6.97.